The molecule has 0 aromatic carbocycles. The fourth-order valence-electron chi connectivity index (χ4n) is 0.613. The van der Waals surface area contributed by atoms with Gasteiger partial charge in [0, 0.05) is 6.42 Å². The number of hydrogen-bond donors (Lipinski definition) is 0. The predicted molar refractivity (Wildman–Crippen MR) is 37.0 cm³/mol. The van der Waals surface area contributed by atoms with E-state index >= 15 is 0 Å². The van der Waals surface area contributed by atoms with E-state index in [2.05, 4.69) is 9.72 Å². The van der Waals surface area contributed by atoms with E-state index in [-0.39, 0.29) is 12.0 Å². The molecule has 4 nitrogen and oxygen atoms in total. The number of rotatable bonds is 3. The zero-order chi connectivity index (χ0) is 8.10. The second-order valence-corrected chi connectivity index (χ2v) is 2.02. The van der Waals surface area contributed by atoms with Gasteiger partial charge in [-0.2, -0.15) is 4.98 Å². The SMILES string of the molecule is CCCC(=O)Oc1ncco1. The summed E-state index contributed by atoms with van der Waals surface area (Å²) in [6.07, 6.45) is 3.95. The van der Waals surface area contributed by atoms with E-state index in [0.717, 1.165) is 6.42 Å². The Kier molecular flexibility index (Phi) is 2.66. The highest BCUT2D eigenvalue weighted by Gasteiger charge is 2.05. The second-order valence-electron chi connectivity index (χ2n) is 2.02. The molecule has 0 atom stereocenters. The highest BCUT2D eigenvalue weighted by Crippen LogP contribution is 2.05. The zero-order valence-corrected chi connectivity index (χ0v) is 6.24. The zero-order valence-electron chi connectivity index (χ0n) is 6.24. The van der Waals surface area contributed by atoms with Gasteiger partial charge in [0.2, 0.25) is 0 Å². The van der Waals surface area contributed by atoms with Gasteiger partial charge < -0.3 is 9.15 Å². The molecule has 0 fully saturated rings. The fourth-order valence-corrected chi connectivity index (χ4v) is 0.613. The lowest BCUT2D eigenvalue weighted by atomic mass is 10.3. The van der Waals surface area contributed by atoms with E-state index in [1.165, 1.54) is 12.5 Å². The van der Waals surface area contributed by atoms with Gasteiger partial charge in [0.25, 0.3) is 0 Å². The quantitative estimate of drug-likeness (QED) is 0.619. The van der Waals surface area contributed by atoms with Crippen LogP contribution in [0.5, 0.6) is 6.08 Å². The molecule has 4 heteroatoms. The first kappa shape index (κ1) is 7.78. The Balaban J connectivity index is 2.37. The molecule has 0 bridgehead atoms. The molecule has 0 saturated heterocycles. The number of ether oxygens (including phenoxy) is 1. The molecule has 0 radical (unpaired) electrons. The highest BCUT2D eigenvalue weighted by molar-refractivity contribution is 5.71. The first-order valence-electron chi connectivity index (χ1n) is 3.43. The number of hydrogen-bond acceptors (Lipinski definition) is 4. The molecule has 1 heterocycles. The predicted octanol–water partition coefficient (Wildman–Crippen LogP) is 1.38. The molecule has 0 N–H and O–H groups in total. The van der Waals surface area contributed by atoms with Crippen LogP contribution in [0.25, 0.3) is 0 Å². The summed E-state index contributed by atoms with van der Waals surface area (Å²) in [6, 6.07) is 0. The summed E-state index contributed by atoms with van der Waals surface area (Å²) in [7, 11) is 0. The van der Waals surface area contributed by atoms with Crippen LogP contribution in [-0.2, 0) is 4.79 Å². The third-order valence-corrected chi connectivity index (χ3v) is 1.06. The molecule has 1 rings (SSSR count). The van der Waals surface area contributed by atoms with E-state index in [1.54, 1.807) is 0 Å². The number of carbonyl (C=O) groups is 1. The van der Waals surface area contributed by atoms with Gasteiger partial charge in [-0.1, -0.05) is 6.92 Å². The van der Waals surface area contributed by atoms with Gasteiger partial charge in [-0.25, -0.2) is 0 Å². The summed E-state index contributed by atoms with van der Waals surface area (Å²) in [5, 5.41) is 0. The Labute approximate surface area is 64.2 Å². The topological polar surface area (TPSA) is 52.3 Å². The standard InChI is InChI=1S/C7H9NO3/c1-2-3-6(9)11-7-8-4-5-10-7/h4-5H,2-3H2,1H3. The first-order chi connectivity index (χ1) is 5.33. The molecule has 0 aliphatic rings. The van der Waals surface area contributed by atoms with Crippen molar-refractivity contribution in [2.75, 3.05) is 0 Å². The summed E-state index contributed by atoms with van der Waals surface area (Å²) < 4.78 is 9.37. The number of aromatic nitrogens is 1. The van der Waals surface area contributed by atoms with Gasteiger partial charge in [-0.05, 0) is 6.42 Å². The smallest absolute Gasteiger partial charge is 0.401 e. The summed E-state index contributed by atoms with van der Waals surface area (Å²) in [5.41, 5.74) is 0. The van der Waals surface area contributed by atoms with Crippen molar-refractivity contribution < 1.29 is 13.9 Å². The monoisotopic (exact) mass is 155 g/mol. The Morgan fingerprint density at radius 1 is 1.82 bits per heavy atom. The Morgan fingerprint density at radius 3 is 3.18 bits per heavy atom. The number of carbonyl (C=O) groups excluding carboxylic acids is 1. The van der Waals surface area contributed by atoms with Crippen LogP contribution in [0.3, 0.4) is 0 Å². The van der Waals surface area contributed by atoms with E-state index < -0.39 is 0 Å². The van der Waals surface area contributed by atoms with Crippen LogP contribution in [0.4, 0.5) is 0 Å². The molecule has 0 aliphatic heterocycles. The molecule has 1 aromatic heterocycles. The van der Waals surface area contributed by atoms with Gasteiger partial charge in [0.1, 0.15) is 6.26 Å². The number of nitrogens with zero attached hydrogens (tertiary/aromatic N) is 1. The van der Waals surface area contributed by atoms with E-state index in [0.29, 0.717) is 6.42 Å². The number of oxazole rings is 1. The van der Waals surface area contributed by atoms with Gasteiger partial charge in [0.15, 0.2) is 0 Å². The minimum absolute atomic E-state index is 0.0171. The van der Waals surface area contributed by atoms with Crippen LogP contribution in [0.15, 0.2) is 16.9 Å². The summed E-state index contributed by atoms with van der Waals surface area (Å²) in [5.74, 6) is -0.310. The van der Waals surface area contributed by atoms with Crippen molar-refractivity contribution in [1.82, 2.24) is 4.98 Å². The molecule has 0 saturated carbocycles. The maximum atomic E-state index is 10.8. The molecule has 0 aliphatic carbocycles. The maximum Gasteiger partial charge on any atom is 0.401 e. The van der Waals surface area contributed by atoms with Crippen molar-refractivity contribution in [2.24, 2.45) is 0 Å². The maximum absolute atomic E-state index is 10.8. The lowest BCUT2D eigenvalue weighted by molar-refractivity contribution is -0.135. The van der Waals surface area contributed by atoms with E-state index in [1.807, 2.05) is 6.92 Å². The van der Waals surface area contributed by atoms with Gasteiger partial charge in [-0.15, -0.1) is 0 Å². The summed E-state index contributed by atoms with van der Waals surface area (Å²) >= 11 is 0. The Hall–Kier alpha value is -1.32. The van der Waals surface area contributed by atoms with Crippen molar-refractivity contribution in [1.29, 1.82) is 0 Å². The lowest BCUT2D eigenvalue weighted by Gasteiger charge is -1.95. The van der Waals surface area contributed by atoms with Crippen LogP contribution >= 0.6 is 0 Å². The normalized spacial score (nSPS) is 9.55. The Bertz CT molecular complexity index is 218. The molecular weight excluding hydrogens is 146 g/mol. The third-order valence-electron chi connectivity index (χ3n) is 1.06. The number of esters is 1. The largest absolute Gasteiger partial charge is 0.417 e. The average molecular weight is 155 g/mol. The van der Waals surface area contributed by atoms with E-state index in [9.17, 15) is 4.79 Å². The van der Waals surface area contributed by atoms with Crippen molar-refractivity contribution in [3.05, 3.63) is 12.5 Å². The summed E-state index contributed by atoms with van der Waals surface area (Å²) in [4.78, 5) is 14.4. The Morgan fingerprint density at radius 2 is 2.64 bits per heavy atom. The first-order valence-corrected chi connectivity index (χ1v) is 3.43. The molecule has 60 valence electrons. The van der Waals surface area contributed by atoms with Crippen LogP contribution < -0.4 is 4.74 Å². The molecular formula is C7H9NO3. The molecule has 1 aromatic rings. The van der Waals surface area contributed by atoms with Crippen molar-refractivity contribution >= 4 is 5.97 Å². The minimum Gasteiger partial charge on any atom is -0.417 e. The summed E-state index contributed by atoms with van der Waals surface area (Å²) in [6.45, 7) is 1.90. The highest BCUT2D eigenvalue weighted by atomic mass is 16.6. The molecule has 0 spiro atoms. The van der Waals surface area contributed by atoms with E-state index in [4.69, 9.17) is 4.42 Å². The van der Waals surface area contributed by atoms with Crippen LogP contribution in [0.2, 0.25) is 0 Å². The molecule has 0 unspecified atom stereocenters. The van der Waals surface area contributed by atoms with Crippen LogP contribution in [-0.4, -0.2) is 11.0 Å². The van der Waals surface area contributed by atoms with Crippen LogP contribution in [0.1, 0.15) is 19.8 Å². The molecule has 11 heavy (non-hydrogen) atoms. The van der Waals surface area contributed by atoms with Crippen molar-refractivity contribution in [2.45, 2.75) is 19.8 Å². The second kappa shape index (κ2) is 3.75. The van der Waals surface area contributed by atoms with Crippen molar-refractivity contribution in [3.63, 3.8) is 0 Å². The van der Waals surface area contributed by atoms with Gasteiger partial charge in [-0.3, -0.25) is 4.79 Å². The molecule has 0 amide bonds. The third kappa shape index (κ3) is 2.41. The van der Waals surface area contributed by atoms with Crippen molar-refractivity contribution in [3.8, 4) is 6.08 Å². The lowest BCUT2D eigenvalue weighted by Crippen LogP contribution is -2.06. The fraction of sp³-hybridized carbons (Fsp3) is 0.429. The van der Waals surface area contributed by atoms with Crippen LogP contribution in [0, 0.1) is 0 Å². The van der Waals surface area contributed by atoms with Gasteiger partial charge in [0.05, 0.1) is 6.20 Å². The van der Waals surface area contributed by atoms with Gasteiger partial charge >= 0.3 is 12.0 Å². The minimum atomic E-state index is -0.310. The average Bonchev–Trinajstić information content (AvgIpc) is 2.40.